The Kier molecular flexibility index (Phi) is 4.49. The molecule has 0 saturated carbocycles. The Hall–Kier alpha value is 0.01000. The Morgan fingerprint density at radius 2 is 1.31 bits per heavy atom. The quantitative estimate of drug-likeness (QED) is 0.602. The second-order valence-electron chi connectivity index (χ2n) is 2.77. The Labute approximate surface area is 116 Å². The molecule has 86 valence electrons. The summed E-state index contributed by atoms with van der Waals surface area (Å²) in [6.45, 7) is 0. The van der Waals surface area contributed by atoms with Crippen LogP contribution in [0, 0.1) is 0 Å². The van der Waals surface area contributed by atoms with Crippen molar-refractivity contribution in [3.8, 4) is 0 Å². The molecule has 0 aromatic heterocycles. The lowest BCUT2D eigenvalue weighted by atomic mass is 10.0. The maximum atomic E-state index is 11.1. The fourth-order valence-electron chi connectivity index (χ4n) is 1.19. The van der Waals surface area contributed by atoms with Crippen molar-refractivity contribution >= 4 is 68.5 Å². The van der Waals surface area contributed by atoms with E-state index < -0.39 is 14.3 Å². The van der Waals surface area contributed by atoms with Gasteiger partial charge in [-0.25, -0.2) is 0 Å². The molecular weight excluding hydrogens is 317 g/mol. The molecule has 1 rings (SSSR count). The first-order valence-electron chi connectivity index (χ1n) is 3.85. The smallest absolute Gasteiger partial charge is 0.252 e. The Morgan fingerprint density at radius 1 is 0.938 bits per heavy atom. The third kappa shape index (κ3) is 3.02. The maximum Gasteiger partial charge on any atom is 0.252 e. The molecule has 0 saturated heterocycles. The fraction of sp³-hybridized carbons (Fsp3) is 0.111. The average molecular weight is 320 g/mol. The second kappa shape index (κ2) is 5.11. The van der Waals surface area contributed by atoms with E-state index in [4.69, 9.17) is 58.0 Å². The molecule has 7 heteroatoms. The van der Waals surface area contributed by atoms with Gasteiger partial charge in [-0.05, 0) is 35.3 Å². The summed E-state index contributed by atoms with van der Waals surface area (Å²) in [4.78, 5) is 22.2. The molecule has 0 radical (unpaired) electrons. The molecule has 0 heterocycles. The predicted molar refractivity (Wildman–Crippen MR) is 66.0 cm³/mol. The van der Waals surface area contributed by atoms with Crippen LogP contribution >= 0.6 is 58.0 Å². The zero-order valence-corrected chi connectivity index (χ0v) is 11.2. The van der Waals surface area contributed by atoms with Crippen LogP contribution in [0.5, 0.6) is 0 Å². The second-order valence-corrected chi connectivity index (χ2v) is 5.74. The van der Waals surface area contributed by atoms with Crippen LogP contribution in [0.1, 0.15) is 26.3 Å². The first kappa shape index (κ1) is 14.1. The molecular formula is C9H3Cl5O2. The highest BCUT2D eigenvalue weighted by molar-refractivity contribution is 6.72. The zero-order valence-electron chi connectivity index (χ0n) is 7.44. The van der Waals surface area contributed by atoms with Gasteiger partial charge in [0.15, 0.2) is 0 Å². The minimum atomic E-state index is -1.96. The van der Waals surface area contributed by atoms with Crippen molar-refractivity contribution in [2.75, 3.05) is 0 Å². The molecule has 0 N–H and O–H groups in total. The summed E-state index contributed by atoms with van der Waals surface area (Å²) < 4.78 is -1.96. The lowest BCUT2D eigenvalue weighted by Gasteiger charge is -2.17. The highest BCUT2D eigenvalue weighted by atomic mass is 35.6. The van der Waals surface area contributed by atoms with E-state index in [1.807, 2.05) is 0 Å². The molecule has 1 aromatic rings. The van der Waals surface area contributed by atoms with Gasteiger partial charge in [-0.15, -0.1) is 0 Å². The van der Waals surface area contributed by atoms with Crippen LogP contribution in [0.25, 0.3) is 0 Å². The zero-order chi connectivity index (χ0) is 12.5. The lowest BCUT2D eigenvalue weighted by molar-refractivity contribution is 0.108. The van der Waals surface area contributed by atoms with Crippen molar-refractivity contribution in [2.45, 2.75) is 3.79 Å². The van der Waals surface area contributed by atoms with Crippen molar-refractivity contribution in [3.05, 3.63) is 34.9 Å². The van der Waals surface area contributed by atoms with Crippen LogP contribution in [-0.2, 0) is 3.79 Å². The van der Waals surface area contributed by atoms with Gasteiger partial charge in [0.1, 0.15) is 0 Å². The van der Waals surface area contributed by atoms with Gasteiger partial charge < -0.3 is 0 Å². The molecule has 0 unspecified atom stereocenters. The van der Waals surface area contributed by atoms with Crippen molar-refractivity contribution in [2.24, 2.45) is 0 Å². The third-order valence-electron chi connectivity index (χ3n) is 1.77. The van der Waals surface area contributed by atoms with Crippen molar-refractivity contribution in [3.63, 3.8) is 0 Å². The van der Waals surface area contributed by atoms with Gasteiger partial charge in [-0.2, -0.15) is 0 Å². The molecule has 0 bridgehead atoms. The molecule has 0 spiro atoms. The van der Waals surface area contributed by atoms with Gasteiger partial charge >= 0.3 is 0 Å². The number of carbonyl (C=O) groups is 2. The van der Waals surface area contributed by atoms with Crippen molar-refractivity contribution in [1.82, 2.24) is 0 Å². The minimum Gasteiger partial charge on any atom is -0.276 e. The topological polar surface area (TPSA) is 34.1 Å². The molecule has 0 fully saturated rings. The summed E-state index contributed by atoms with van der Waals surface area (Å²) in [6, 6.07) is 4.11. The number of alkyl halides is 3. The normalized spacial score (nSPS) is 11.3. The number of carbonyl (C=O) groups excluding carboxylic acids is 2. The van der Waals surface area contributed by atoms with Gasteiger partial charge in [0, 0.05) is 16.7 Å². The Morgan fingerprint density at radius 3 is 1.56 bits per heavy atom. The van der Waals surface area contributed by atoms with E-state index in [1.165, 1.54) is 18.2 Å². The summed E-state index contributed by atoms with van der Waals surface area (Å²) in [5, 5.41) is -1.66. The van der Waals surface area contributed by atoms with E-state index in [9.17, 15) is 9.59 Å². The van der Waals surface area contributed by atoms with Crippen molar-refractivity contribution < 1.29 is 9.59 Å². The first-order chi connectivity index (χ1) is 7.25. The number of hydrogen-bond donors (Lipinski definition) is 0. The number of hydrogen-bond acceptors (Lipinski definition) is 2. The largest absolute Gasteiger partial charge is 0.276 e. The third-order valence-corrected chi connectivity index (χ3v) is 2.75. The van der Waals surface area contributed by atoms with Crippen LogP contribution in [0.2, 0.25) is 0 Å². The van der Waals surface area contributed by atoms with Crippen LogP contribution in [0.15, 0.2) is 18.2 Å². The van der Waals surface area contributed by atoms with Gasteiger partial charge in [0.05, 0.1) is 0 Å². The molecule has 0 aliphatic carbocycles. The molecule has 1 aromatic carbocycles. The van der Waals surface area contributed by atoms with Crippen LogP contribution in [0.4, 0.5) is 0 Å². The predicted octanol–water partition coefficient (Wildman–Crippen LogP) is 4.27. The van der Waals surface area contributed by atoms with Crippen molar-refractivity contribution in [1.29, 1.82) is 0 Å². The molecule has 0 amide bonds. The summed E-state index contributed by atoms with van der Waals surface area (Å²) in [5.74, 6) is 0. The fourth-order valence-corrected chi connectivity index (χ4v) is 2.11. The summed E-state index contributed by atoms with van der Waals surface area (Å²) in [5.41, 5.74) is -0.235. The standard InChI is InChI=1S/C9H3Cl5O2/c10-7(15)4-2-1-3-5(8(11)16)6(4)9(12,13)14/h1-3H. The molecule has 0 aliphatic rings. The molecule has 2 nitrogen and oxygen atoms in total. The lowest BCUT2D eigenvalue weighted by Crippen LogP contribution is -2.13. The highest BCUT2D eigenvalue weighted by Gasteiger charge is 2.32. The Bertz CT molecular complexity index is 417. The number of halogens is 5. The number of rotatable bonds is 2. The molecule has 0 aliphatic heterocycles. The van der Waals surface area contributed by atoms with E-state index in [2.05, 4.69) is 0 Å². The summed E-state index contributed by atoms with van der Waals surface area (Å²) in [7, 11) is 0. The van der Waals surface area contributed by atoms with Crippen LogP contribution < -0.4 is 0 Å². The SMILES string of the molecule is O=C(Cl)c1cccc(C(=O)Cl)c1C(Cl)(Cl)Cl. The van der Waals surface area contributed by atoms with E-state index in [0.717, 1.165) is 0 Å². The van der Waals surface area contributed by atoms with E-state index in [-0.39, 0.29) is 16.7 Å². The first-order valence-corrected chi connectivity index (χ1v) is 5.74. The summed E-state index contributed by atoms with van der Waals surface area (Å²) in [6.07, 6.45) is 0. The van der Waals surface area contributed by atoms with Crippen LogP contribution in [0.3, 0.4) is 0 Å². The molecule has 16 heavy (non-hydrogen) atoms. The number of benzene rings is 1. The van der Waals surface area contributed by atoms with E-state index in [0.29, 0.717) is 0 Å². The van der Waals surface area contributed by atoms with E-state index >= 15 is 0 Å². The minimum absolute atomic E-state index is 0.0619. The highest BCUT2D eigenvalue weighted by Crippen LogP contribution is 2.42. The average Bonchev–Trinajstić information content (AvgIpc) is 2.15. The van der Waals surface area contributed by atoms with Gasteiger partial charge in [0.2, 0.25) is 3.79 Å². The maximum absolute atomic E-state index is 11.1. The van der Waals surface area contributed by atoms with Gasteiger partial charge in [-0.1, -0.05) is 40.9 Å². The van der Waals surface area contributed by atoms with E-state index in [1.54, 1.807) is 0 Å². The molecule has 0 atom stereocenters. The Balaban J connectivity index is 3.60. The monoisotopic (exact) mass is 318 g/mol. The van der Waals surface area contributed by atoms with Gasteiger partial charge in [-0.3, -0.25) is 9.59 Å². The van der Waals surface area contributed by atoms with Crippen LogP contribution in [-0.4, -0.2) is 10.5 Å². The summed E-state index contributed by atoms with van der Waals surface area (Å²) >= 11 is 27.6. The van der Waals surface area contributed by atoms with Gasteiger partial charge in [0.25, 0.3) is 10.5 Å².